The summed E-state index contributed by atoms with van der Waals surface area (Å²) in [6.45, 7) is 0. The lowest BCUT2D eigenvalue weighted by atomic mass is 10.0. The largest absolute Gasteiger partial charge is 0.206 e. The highest BCUT2D eigenvalue weighted by Crippen LogP contribution is 2.21. The number of terminal acetylenes is 1. The molecule has 0 unspecified atom stereocenters. The normalized spacial score (nSPS) is 9.60. The molecule has 0 aliphatic heterocycles. The molecule has 0 radical (unpaired) electrons. The molecule has 0 aliphatic rings. The molecule has 0 saturated heterocycles. The van der Waals surface area contributed by atoms with Crippen molar-refractivity contribution in [3.63, 3.8) is 0 Å². The van der Waals surface area contributed by atoms with Crippen molar-refractivity contribution >= 4 is 0 Å². The number of halogens is 1. The molecule has 0 aromatic heterocycles. The molecule has 0 heterocycles. The molecule has 0 amide bonds. The molecule has 2 rings (SSSR count). The summed E-state index contributed by atoms with van der Waals surface area (Å²) in [6.07, 6.45) is 5.15. The molecule has 0 nitrogen and oxygen atoms in total. The Morgan fingerprint density at radius 1 is 0.933 bits per heavy atom. The second-order valence-electron chi connectivity index (χ2n) is 3.20. The van der Waals surface area contributed by atoms with Crippen LogP contribution in [0.3, 0.4) is 0 Å². The third kappa shape index (κ3) is 1.89. The van der Waals surface area contributed by atoms with Crippen molar-refractivity contribution in [1.29, 1.82) is 0 Å². The van der Waals surface area contributed by atoms with Gasteiger partial charge >= 0.3 is 0 Å². The predicted octanol–water partition coefficient (Wildman–Crippen LogP) is 3.47. The number of benzene rings is 2. The molecule has 15 heavy (non-hydrogen) atoms. The molecule has 0 aliphatic carbocycles. The van der Waals surface area contributed by atoms with E-state index in [2.05, 4.69) is 5.92 Å². The van der Waals surface area contributed by atoms with Gasteiger partial charge in [0.1, 0.15) is 5.82 Å². The summed E-state index contributed by atoms with van der Waals surface area (Å²) in [6, 6.07) is 14.5. The second kappa shape index (κ2) is 3.98. The van der Waals surface area contributed by atoms with Crippen LogP contribution < -0.4 is 0 Å². The van der Waals surface area contributed by atoms with Crippen LogP contribution in [-0.2, 0) is 0 Å². The van der Waals surface area contributed by atoms with Crippen LogP contribution in [0.5, 0.6) is 0 Å². The van der Waals surface area contributed by atoms with Crippen LogP contribution in [0.4, 0.5) is 4.39 Å². The van der Waals surface area contributed by atoms with Crippen LogP contribution in [-0.4, -0.2) is 0 Å². The first-order valence-corrected chi connectivity index (χ1v) is 4.63. The molecular formula is C14H9F. The summed E-state index contributed by atoms with van der Waals surface area (Å²) in [5, 5.41) is 0. The Kier molecular flexibility index (Phi) is 2.51. The third-order valence-corrected chi connectivity index (χ3v) is 2.23. The smallest absolute Gasteiger partial charge is 0.139 e. The van der Waals surface area contributed by atoms with E-state index in [1.807, 2.05) is 36.4 Å². The molecule has 0 N–H and O–H groups in total. The van der Waals surface area contributed by atoms with Gasteiger partial charge in [0.15, 0.2) is 0 Å². The lowest BCUT2D eigenvalue weighted by molar-refractivity contribution is 0.625. The van der Waals surface area contributed by atoms with Gasteiger partial charge in [-0.3, -0.25) is 0 Å². The van der Waals surface area contributed by atoms with Crippen molar-refractivity contribution in [1.82, 2.24) is 0 Å². The Hall–Kier alpha value is -2.07. The Morgan fingerprint density at radius 3 is 2.27 bits per heavy atom. The van der Waals surface area contributed by atoms with Crippen molar-refractivity contribution in [2.75, 3.05) is 0 Å². The average Bonchev–Trinajstić information content (AvgIpc) is 2.30. The van der Waals surface area contributed by atoms with Gasteiger partial charge in [0.2, 0.25) is 0 Å². The van der Waals surface area contributed by atoms with Gasteiger partial charge in [0.05, 0.1) is 5.56 Å². The Morgan fingerprint density at radius 2 is 1.67 bits per heavy atom. The molecule has 0 bridgehead atoms. The van der Waals surface area contributed by atoms with Gasteiger partial charge in [-0.05, 0) is 23.3 Å². The van der Waals surface area contributed by atoms with Crippen LogP contribution in [0.2, 0.25) is 0 Å². The molecule has 2 aromatic rings. The van der Waals surface area contributed by atoms with Gasteiger partial charge in [-0.2, -0.15) is 0 Å². The fourth-order valence-electron chi connectivity index (χ4n) is 1.44. The highest BCUT2D eigenvalue weighted by atomic mass is 19.1. The summed E-state index contributed by atoms with van der Waals surface area (Å²) in [4.78, 5) is 0. The number of hydrogen-bond donors (Lipinski definition) is 0. The van der Waals surface area contributed by atoms with E-state index in [0.717, 1.165) is 11.1 Å². The minimum absolute atomic E-state index is 0.301. The number of rotatable bonds is 1. The molecule has 72 valence electrons. The van der Waals surface area contributed by atoms with E-state index in [-0.39, 0.29) is 5.82 Å². The Bertz CT molecular complexity index is 507. The minimum Gasteiger partial charge on any atom is -0.206 e. The maximum Gasteiger partial charge on any atom is 0.139 e. The first-order valence-electron chi connectivity index (χ1n) is 4.63. The molecule has 0 atom stereocenters. The SMILES string of the molecule is C#Cc1ccc(-c2ccccc2)cc1F. The standard InChI is InChI=1S/C14H9F/c1-2-11-8-9-13(10-14(11)15)12-6-4-3-5-7-12/h1,3-10H. The monoisotopic (exact) mass is 196 g/mol. The summed E-state index contributed by atoms with van der Waals surface area (Å²) < 4.78 is 13.4. The maximum atomic E-state index is 13.4. The zero-order chi connectivity index (χ0) is 10.7. The van der Waals surface area contributed by atoms with E-state index in [9.17, 15) is 4.39 Å². The van der Waals surface area contributed by atoms with E-state index in [1.165, 1.54) is 6.07 Å². The highest BCUT2D eigenvalue weighted by Gasteiger charge is 2.02. The Labute approximate surface area is 88.4 Å². The van der Waals surface area contributed by atoms with Gasteiger partial charge in [0.25, 0.3) is 0 Å². The molecule has 1 heteroatoms. The average molecular weight is 196 g/mol. The summed E-state index contributed by atoms with van der Waals surface area (Å²) in [7, 11) is 0. The Balaban J connectivity index is 2.49. The molecule has 2 aromatic carbocycles. The van der Waals surface area contributed by atoms with Gasteiger partial charge in [-0.1, -0.05) is 42.3 Å². The predicted molar refractivity (Wildman–Crippen MR) is 59.8 cm³/mol. The third-order valence-electron chi connectivity index (χ3n) is 2.23. The first kappa shape index (κ1) is 9.48. The zero-order valence-corrected chi connectivity index (χ0v) is 8.07. The van der Waals surface area contributed by atoms with Gasteiger partial charge < -0.3 is 0 Å². The fourth-order valence-corrected chi connectivity index (χ4v) is 1.44. The van der Waals surface area contributed by atoms with E-state index < -0.39 is 0 Å². The van der Waals surface area contributed by atoms with Crippen LogP contribution in [0, 0.1) is 18.2 Å². The molecular weight excluding hydrogens is 187 g/mol. The van der Waals surface area contributed by atoms with Crippen molar-refractivity contribution in [3.8, 4) is 23.5 Å². The summed E-state index contributed by atoms with van der Waals surface area (Å²) in [5.41, 5.74) is 2.13. The molecule has 0 spiro atoms. The number of hydrogen-bond acceptors (Lipinski definition) is 0. The van der Waals surface area contributed by atoms with Crippen LogP contribution >= 0.6 is 0 Å². The molecule has 0 saturated carbocycles. The van der Waals surface area contributed by atoms with Crippen LogP contribution in [0.15, 0.2) is 48.5 Å². The van der Waals surface area contributed by atoms with Crippen molar-refractivity contribution in [2.24, 2.45) is 0 Å². The van der Waals surface area contributed by atoms with Crippen molar-refractivity contribution in [2.45, 2.75) is 0 Å². The zero-order valence-electron chi connectivity index (χ0n) is 8.07. The van der Waals surface area contributed by atoms with Crippen molar-refractivity contribution < 1.29 is 4.39 Å². The second-order valence-corrected chi connectivity index (χ2v) is 3.20. The highest BCUT2D eigenvalue weighted by molar-refractivity contribution is 5.64. The van der Waals surface area contributed by atoms with Gasteiger partial charge in [-0.15, -0.1) is 6.42 Å². The van der Waals surface area contributed by atoms with E-state index in [0.29, 0.717) is 5.56 Å². The maximum absolute atomic E-state index is 13.4. The summed E-state index contributed by atoms with van der Waals surface area (Å²) >= 11 is 0. The van der Waals surface area contributed by atoms with Crippen LogP contribution in [0.1, 0.15) is 5.56 Å². The van der Waals surface area contributed by atoms with Gasteiger partial charge in [-0.25, -0.2) is 4.39 Å². The van der Waals surface area contributed by atoms with Crippen LogP contribution in [0.25, 0.3) is 11.1 Å². The topological polar surface area (TPSA) is 0 Å². The lowest BCUT2D eigenvalue weighted by Crippen LogP contribution is -1.85. The lowest BCUT2D eigenvalue weighted by Gasteiger charge is -2.02. The molecule has 0 fully saturated rings. The van der Waals surface area contributed by atoms with Crippen molar-refractivity contribution in [3.05, 3.63) is 59.9 Å². The fraction of sp³-hybridized carbons (Fsp3) is 0. The quantitative estimate of drug-likeness (QED) is 0.612. The van der Waals surface area contributed by atoms with E-state index in [1.54, 1.807) is 6.07 Å². The first-order chi connectivity index (χ1) is 7.31. The van der Waals surface area contributed by atoms with E-state index in [4.69, 9.17) is 6.42 Å². The van der Waals surface area contributed by atoms with Gasteiger partial charge in [0, 0.05) is 0 Å². The minimum atomic E-state index is -0.348. The summed E-state index contributed by atoms with van der Waals surface area (Å²) in [5.74, 6) is 1.95. The van der Waals surface area contributed by atoms with E-state index >= 15 is 0 Å².